The summed E-state index contributed by atoms with van der Waals surface area (Å²) >= 11 is 0. The smallest absolute Gasteiger partial charge is 0.254 e. The van der Waals surface area contributed by atoms with Crippen molar-refractivity contribution < 1.29 is 14.0 Å². The Morgan fingerprint density at radius 1 is 1.07 bits per heavy atom. The molecule has 2 aliphatic carbocycles. The highest BCUT2D eigenvalue weighted by Crippen LogP contribution is 2.52. The third-order valence-electron chi connectivity index (χ3n) is 7.18. The maximum Gasteiger partial charge on any atom is 0.254 e. The van der Waals surface area contributed by atoms with E-state index < -0.39 is 5.54 Å². The first kappa shape index (κ1) is 18.5. The molecule has 5 rings (SSSR count). The third kappa shape index (κ3) is 2.98. The number of hydrogen-bond donors (Lipinski definition) is 1. The van der Waals surface area contributed by atoms with Gasteiger partial charge in [0.1, 0.15) is 5.76 Å². The number of benzene rings is 1. The van der Waals surface area contributed by atoms with Crippen LogP contribution in [-0.4, -0.2) is 28.3 Å². The molecule has 1 aromatic carbocycles. The van der Waals surface area contributed by atoms with Gasteiger partial charge < -0.3 is 14.6 Å². The van der Waals surface area contributed by atoms with Gasteiger partial charge in [0.05, 0.1) is 24.3 Å². The van der Waals surface area contributed by atoms with Gasteiger partial charge in [-0.3, -0.25) is 9.59 Å². The minimum atomic E-state index is -0.395. The summed E-state index contributed by atoms with van der Waals surface area (Å²) in [5.74, 6) is 0.553. The van der Waals surface area contributed by atoms with Crippen molar-refractivity contribution in [1.82, 2.24) is 10.2 Å². The van der Waals surface area contributed by atoms with Crippen molar-refractivity contribution in [3.8, 4) is 0 Å². The molecule has 5 heteroatoms. The topological polar surface area (TPSA) is 62.6 Å². The highest BCUT2D eigenvalue weighted by molar-refractivity contribution is 6.02. The van der Waals surface area contributed by atoms with Crippen LogP contribution in [0, 0.1) is 0 Å². The first-order chi connectivity index (χ1) is 14.2. The average Bonchev–Trinajstić information content (AvgIpc) is 3.50. The first-order valence-corrected chi connectivity index (χ1v) is 10.9. The molecule has 0 bridgehead atoms. The lowest BCUT2D eigenvalue weighted by molar-refractivity contribution is -0.127. The Morgan fingerprint density at radius 2 is 1.83 bits per heavy atom. The van der Waals surface area contributed by atoms with E-state index in [-0.39, 0.29) is 23.8 Å². The Hall–Kier alpha value is -2.56. The van der Waals surface area contributed by atoms with E-state index in [1.165, 1.54) is 12.8 Å². The molecule has 29 heavy (non-hydrogen) atoms. The second-order valence-corrected chi connectivity index (χ2v) is 8.74. The van der Waals surface area contributed by atoms with Crippen molar-refractivity contribution in [1.29, 1.82) is 0 Å². The predicted octanol–water partition coefficient (Wildman–Crippen LogP) is 4.39. The van der Waals surface area contributed by atoms with Crippen molar-refractivity contribution in [3.63, 3.8) is 0 Å². The van der Waals surface area contributed by atoms with Gasteiger partial charge in [0.2, 0.25) is 5.91 Å². The summed E-state index contributed by atoms with van der Waals surface area (Å²) < 4.78 is 5.40. The van der Waals surface area contributed by atoms with E-state index in [9.17, 15) is 9.59 Å². The molecule has 1 aromatic heterocycles. The summed E-state index contributed by atoms with van der Waals surface area (Å²) in [6.07, 6.45) is 10.0. The van der Waals surface area contributed by atoms with Crippen LogP contribution in [-0.2, 0) is 11.3 Å². The van der Waals surface area contributed by atoms with Crippen LogP contribution in [0.3, 0.4) is 0 Å². The van der Waals surface area contributed by atoms with E-state index in [2.05, 4.69) is 10.2 Å². The summed E-state index contributed by atoms with van der Waals surface area (Å²) in [5, 5.41) is 3.10. The predicted molar refractivity (Wildman–Crippen MR) is 109 cm³/mol. The lowest BCUT2D eigenvalue weighted by Gasteiger charge is -2.52. The molecule has 0 radical (unpaired) electrons. The minimum absolute atomic E-state index is 0.00578. The largest absolute Gasteiger partial charge is 0.467 e. The van der Waals surface area contributed by atoms with E-state index in [1.807, 2.05) is 36.4 Å². The van der Waals surface area contributed by atoms with Gasteiger partial charge in [-0.2, -0.15) is 0 Å². The van der Waals surface area contributed by atoms with Crippen molar-refractivity contribution in [3.05, 3.63) is 59.5 Å². The molecule has 152 valence electrons. The van der Waals surface area contributed by atoms with Crippen LogP contribution in [0.1, 0.15) is 79.0 Å². The number of fused-ring (bicyclic) bond motifs is 1. The van der Waals surface area contributed by atoms with Crippen molar-refractivity contribution in [2.45, 2.75) is 75.4 Å². The Balaban J connectivity index is 1.56. The van der Waals surface area contributed by atoms with Crippen molar-refractivity contribution in [2.75, 3.05) is 0 Å². The van der Waals surface area contributed by atoms with Gasteiger partial charge in [0.25, 0.3) is 5.91 Å². The van der Waals surface area contributed by atoms with Crippen LogP contribution in [0.15, 0.2) is 47.1 Å². The van der Waals surface area contributed by atoms with Gasteiger partial charge in [0, 0.05) is 11.6 Å². The zero-order valence-corrected chi connectivity index (χ0v) is 16.7. The van der Waals surface area contributed by atoms with Crippen LogP contribution < -0.4 is 5.32 Å². The summed E-state index contributed by atoms with van der Waals surface area (Å²) in [7, 11) is 0. The lowest BCUT2D eigenvalue weighted by atomic mass is 9.70. The molecule has 5 nitrogen and oxygen atoms in total. The molecule has 2 fully saturated rings. The van der Waals surface area contributed by atoms with E-state index in [0.717, 1.165) is 49.8 Å². The van der Waals surface area contributed by atoms with E-state index in [4.69, 9.17) is 4.42 Å². The van der Waals surface area contributed by atoms with Crippen molar-refractivity contribution in [2.24, 2.45) is 0 Å². The monoisotopic (exact) mass is 392 g/mol. The Morgan fingerprint density at radius 3 is 2.55 bits per heavy atom. The molecule has 2 aromatic rings. The van der Waals surface area contributed by atoms with Gasteiger partial charge in [-0.15, -0.1) is 0 Å². The number of hydrogen-bond acceptors (Lipinski definition) is 3. The number of furan rings is 1. The number of rotatable bonds is 4. The molecule has 0 saturated heterocycles. The maximum absolute atomic E-state index is 13.7. The zero-order chi connectivity index (χ0) is 19.8. The van der Waals surface area contributed by atoms with Crippen LogP contribution >= 0.6 is 0 Å². The number of amides is 2. The molecule has 0 unspecified atom stereocenters. The zero-order valence-electron chi connectivity index (χ0n) is 16.7. The van der Waals surface area contributed by atoms with Gasteiger partial charge in [-0.05, 0) is 49.4 Å². The number of carbonyl (C=O) groups excluding carboxylic acids is 2. The van der Waals surface area contributed by atoms with Crippen LogP contribution in [0.5, 0.6) is 0 Å². The van der Waals surface area contributed by atoms with Gasteiger partial charge >= 0.3 is 0 Å². The second kappa shape index (κ2) is 7.36. The minimum Gasteiger partial charge on any atom is -0.467 e. The van der Waals surface area contributed by atoms with Crippen LogP contribution in [0.4, 0.5) is 0 Å². The molecule has 2 amide bonds. The van der Waals surface area contributed by atoms with E-state index in [0.29, 0.717) is 12.1 Å². The molecule has 2 saturated carbocycles. The fraction of sp³-hybridized carbons (Fsp3) is 0.500. The van der Waals surface area contributed by atoms with Gasteiger partial charge in [-0.25, -0.2) is 0 Å². The maximum atomic E-state index is 13.7. The fourth-order valence-corrected chi connectivity index (χ4v) is 5.99. The van der Waals surface area contributed by atoms with Crippen LogP contribution in [0.25, 0.3) is 0 Å². The molecule has 1 atom stereocenters. The second-order valence-electron chi connectivity index (χ2n) is 8.74. The average molecular weight is 392 g/mol. The summed E-state index contributed by atoms with van der Waals surface area (Å²) in [6, 6.07) is 11.7. The third-order valence-corrected chi connectivity index (χ3v) is 7.18. The lowest BCUT2D eigenvalue weighted by Crippen LogP contribution is -2.63. The normalized spacial score (nSPS) is 23.5. The fourth-order valence-electron chi connectivity index (χ4n) is 5.99. The highest BCUT2D eigenvalue weighted by atomic mass is 16.3. The number of carbonyl (C=O) groups is 2. The number of nitrogens with one attached hydrogen (secondary N) is 1. The van der Waals surface area contributed by atoms with E-state index >= 15 is 0 Å². The van der Waals surface area contributed by atoms with Gasteiger partial charge in [-0.1, -0.05) is 43.9 Å². The summed E-state index contributed by atoms with van der Waals surface area (Å²) in [6.45, 7) is 0.373. The standard InChI is InChI=1S/C24H28N2O3/c27-22(25-16-18-10-7-15-29-18)21-19-11-3-4-12-20(19)23(28)26(17-8-1-2-9-17)24(21)13-5-6-14-24/h3-4,7,10-12,15,17,21H,1-2,5-6,8-9,13-14,16H2,(H,25,27)/t21-/m0/s1. The summed E-state index contributed by atoms with van der Waals surface area (Å²) in [4.78, 5) is 29.4. The van der Waals surface area contributed by atoms with Crippen molar-refractivity contribution >= 4 is 11.8 Å². The van der Waals surface area contributed by atoms with E-state index in [1.54, 1.807) is 6.26 Å². The molecule has 2 heterocycles. The highest BCUT2D eigenvalue weighted by Gasteiger charge is 2.57. The molecule has 3 aliphatic rings. The Kier molecular flexibility index (Phi) is 4.69. The SMILES string of the molecule is O=C(NCc1ccco1)[C@@H]1c2ccccc2C(=O)N(C2CCCC2)C12CCCC2. The molecular formula is C24H28N2O3. The first-order valence-electron chi connectivity index (χ1n) is 10.9. The molecule has 1 aliphatic heterocycles. The Labute approximate surface area is 171 Å². The summed E-state index contributed by atoms with van der Waals surface area (Å²) in [5.41, 5.74) is 1.20. The Bertz CT molecular complexity index is 893. The number of nitrogens with zero attached hydrogens (tertiary/aromatic N) is 1. The van der Waals surface area contributed by atoms with Crippen LogP contribution in [0.2, 0.25) is 0 Å². The molecule has 1 N–H and O–H groups in total. The molecular weight excluding hydrogens is 364 g/mol. The molecule has 1 spiro atoms. The quantitative estimate of drug-likeness (QED) is 0.839. The van der Waals surface area contributed by atoms with Gasteiger partial charge in [0.15, 0.2) is 0 Å².